The van der Waals surface area contributed by atoms with E-state index in [1.54, 1.807) is 0 Å². The highest BCUT2D eigenvalue weighted by atomic mass is 16.3. The molecule has 3 aliphatic rings. The summed E-state index contributed by atoms with van der Waals surface area (Å²) in [4.78, 5) is 2.58. The molecule has 0 aromatic rings. The predicted molar refractivity (Wildman–Crippen MR) is 56.1 cm³/mol. The molecule has 3 rings (SSSR count). The zero-order valence-corrected chi connectivity index (χ0v) is 8.97. The van der Waals surface area contributed by atoms with Crippen LogP contribution in [0.2, 0.25) is 0 Å². The fourth-order valence-corrected chi connectivity index (χ4v) is 3.70. The van der Waals surface area contributed by atoms with Crippen molar-refractivity contribution in [3.63, 3.8) is 0 Å². The van der Waals surface area contributed by atoms with Crippen molar-refractivity contribution in [3.05, 3.63) is 0 Å². The molecule has 0 atom stereocenters. The summed E-state index contributed by atoms with van der Waals surface area (Å²) in [5.41, 5.74) is 0.922. The summed E-state index contributed by atoms with van der Waals surface area (Å²) in [6, 6.07) is 0. The molecule has 0 radical (unpaired) electrons. The van der Waals surface area contributed by atoms with Gasteiger partial charge in [0.25, 0.3) is 0 Å². The Morgan fingerprint density at radius 2 is 1.57 bits per heavy atom. The molecule has 1 aliphatic heterocycles. The van der Waals surface area contributed by atoms with Crippen LogP contribution in [0.1, 0.15) is 44.9 Å². The van der Waals surface area contributed by atoms with E-state index in [0.717, 1.165) is 0 Å². The first kappa shape index (κ1) is 9.17. The molecule has 1 spiro atoms. The van der Waals surface area contributed by atoms with Crippen molar-refractivity contribution in [2.45, 2.75) is 50.5 Å². The van der Waals surface area contributed by atoms with Gasteiger partial charge >= 0.3 is 0 Å². The molecule has 1 heterocycles. The molecule has 0 aromatic heterocycles. The fraction of sp³-hybridized carbons (Fsp3) is 1.00. The van der Waals surface area contributed by atoms with E-state index < -0.39 is 0 Å². The van der Waals surface area contributed by atoms with Crippen molar-refractivity contribution in [2.75, 3.05) is 19.7 Å². The molecule has 0 amide bonds. The van der Waals surface area contributed by atoms with E-state index in [1.165, 1.54) is 58.0 Å². The lowest BCUT2D eigenvalue weighted by molar-refractivity contribution is -0.130. The summed E-state index contributed by atoms with van der Waals surface area (Å²) >= 11 is 0. The topological polar surface area (TPSA) is 23.5 Å². The molecular formula is C12H21NO. The first-order valence-corrected chi connectivity index (χ1v) is 6.15. The molecule has 1 saturated heterocycles. The van der Waals surface area contributed by atoms with E-state index in [0.29, 0.717) is 12.0 Å². The predicted octanol–water partition coefficient (Wildman–Crippen LogP) is 1.78. The average molecular weight is 195 g/mol. The van der Waals surface area contributed by atoms with Gasteiger partial charge in [-0.1, -0.05) is 19.3 Å². The second kappa shape index (κ2) is 2.96. The number of likely N-dealkylation sites (tertiary alicyclic amines) is 1. The van der Waals surface area contributed by atoms with Gasteiger partial charge in [0.1, 0.15) is 0 Å². The van der Waals surface area contributed by atoms with E-state index in [4.69, 9.17) is 0 Å². The highest BCUT2D eigenvalue weighted by Crippen LogP contribution is 2.52. The SMILES string of the molecule is OCC1(N2CC3(CCC3)C2)CCCC1. The Balaban J connectivity index is 1.65. The van der Waals surface area contributed by atoms with Crippen LogP contribution in [0.4, 0.5) is 0 Å². The smallest absolute Gasteiger partial charge is 0.0615 e. The second-order valence-corrected chi connectivity index (χ2v) is 5.80. The molecule has 1 N–H and O–H groups in total. The highest BCUT2D eigenvalue weighted by molar-refractivity contribution is 5.08. The molecule has 0 aromatic carbocycles. The molecule has 14 heavy (non-hydrogen) atoms. The summed E-state index contributed by atoms with van der Waals surface area (Å²) in [6.07, 6.45) is 9.46. The number of aliphatic hydroxyl groups excluding tert-OH is 1. The maximum Gasteiger partial charge on any atom is 0.0615 e. The number of aliphatic hydroxyl groups is 1. The molecule has 2 nitrogen and oxygen atoms in total. The van der Waals surface area contributed by atoms with Crippen molar-refractivity contribution in [1.29, 1.82) is 0 Å². The lowest BCUT2D eigenvalue weighted by Crippen LogP contribution is -2.67. The fourth-order valence-electron chi connectivity index (χ4n) is 3.70. The van der Waals surface area contributed by atoms with E-state index in [2.05, 4.69) is 4.90 Å². The van der Waals surface area contributed by atoms with Crippen molar-refractivity contribution >= 4 is 0 Å². The van der Waals surface area contributed by atoms with Crippen LogP contribution in [0.3, 0.4) is 0 Å². The zero-order valence-electron chi connectivity index (χ0n) is 8.97. The van der Waals surface area contributed by atoms with Crippen LogP contribution in [-0.2, 0) is 0 Å². The summed E-state index contributed by atoms with van der Waals surface area (Å²) in [7, 11) is 0. The highest BCUT2D eigenvalue weighted by Gasteiger charge is 2.54. The van der Waals surface area contributed by atoms with Crippen LogP contribution in [0.5, 0.6) is 0 Å². The van der Waals surface area contributed by atoms with Crippen LogP contribution in [0.15, 0.2) is 0 Å². The van der Waals surface area contributed by atoms with E-state index in [-0.39, 0.29) is 5.54 Å². The third kappa shape index (κ3) is 1.10. The van der Waals surface area contributed by atoms with E-state index in [9.17, 15) is 5.11 Å². The monoisotopic (exact) mass is 195 g/mol. The van der Waals surface area contributed by atoms with Gasteiger partial charge in [-0.2, -0.15) is 0 Å². The number of hydrogen-bond acceptors (Lipinski definition) is 2. The molecule has 2 aliphatic carbocycles. The van der Waals surface area contributed by atoms with Gasteiger partial charge in [-0.25, -0.2) is 0 Å². The van der Waals surface area contributed by atoms with Crippen molar-refractivity contribution in [3.8, 4) is 0 Å². The van der Waals surface area contributed by atoms with Crippen LogP contribution >= 0.6 is 0 Å². The third-order valence-electron chi connectivity index (χ3n) is 4.97. The van der Waals surface area contributed by atoms with Gasteiger partial charge in [0.15, 0.2) is 0 Å². The van der Waals surface area contributed by atoms with Gasteiger partial charge in [0.05, 0.1) is 6.61 Å². The van der Waals surface area contributed by atoms with Gasteiger partial charge in [-0.05, 0) is 31.1 Å². The summed E-state index contributed by atoms with van der Waals surface area (Å²) in [6.45, 7) is 2.96. The van der Waals surface area contributed by atoms with E-state index >= 15 is 0 Å². The summed E-state index contributed by atoms with van der Waals surface area (Å²) in [5, 5.41) is 9.57. The number of rotatable bonds is 2. The Kier molecular flexibility index (Phi) is 1.94. The molecule has 2 saturated carbocycles. The maximum atomic E-state index is 9.57. The standard InChI is InChI=1S/C12H21NO/c14-10-12(6-1-2-7-12)13-8-11(9-13)4-3-5-11/h14H,1-10H2. The largest absolute Gasteiger partial charge is 0.394 e. The number of nitrogens with zero attached hydrogens (tertiary/aromatic N) is 1. The second-order valence-electron chi connectivity index (χ2n) is 5.80. The van der Waals surface area contributed by atoms with Gasteiger partial charge in [0.2, 0.25) is 0 Å². The van der Waals surface area contributed by atoms with Gasteiger partial charge < -0.3 is 5.11 Å². The Bertz CT molecular complexity index is 220. The molecule has 0 unspecified atom stereocenters. The lowest BCUT2D eigenvalue weighted by atomic mass is 9.62. The lowest BCUT2D eigenvalue weighted by Gasteiger charge is -2.61. The Hall–Kier alpha value is -0.0800. The summed E-state index contributed by atoms with van der Waals surface area (Å²) < 4.78 is 0. The van der Waals surface area contributed by atoms with Crippen molar-refractivity contribution in [2.24, 2.45) is 5.41 Å². The summed E-state index contributed by atoms with van der Waals surface area (Å²) in [5.74, 6) is 0. The zero-order chi connectivity index (χ0) is 9.65. The van der Waals surface area contributed by atoms with Crippen LogP contribution in [-0.4, -0.2) is 35.2 Å². The maximum absolute atomic E-state index is 9.57. The quantitative estimate of drug-likeness (QED) is 0.726. The molecule has 80 valence electrons. The Labute approximate surface area is 86.3 Å². The molecular weight excluding hydrogens is 174 g/mol. The van der Waals surface area contributed by atoms with Crippen LogP contribution < -0.4 is 0 Å². The third-order valence-corrected chi connectivity index (χ3v) is 4.97. The normalized spacial score (nSPS) is 34.1. The van der Waals surface area contributed by atoms with Gasteiger partial charge in [-0.15, -0.1) is 0 Å². The first-order valence-electron chi connectivity index (χ1n) is 6.15. The minimum Gasteiger partial charge on any atom is -0.394 e. The molecule has 2 heteroatoms. The minimum absolute atomic E-state index is 0.209. The molecule has 3 fully saturated rings. The minimum atomic E-state index is 0.209. The van der Waals surface area contributed by atoms with Gasteiger partial charge in [0, 0.05) is 18.6 Å². The Morgan fingerprint density at radius 1 is 0.929 bits per heavy atom. The van der Waals surface area contributed by atoms with Crippen LogP contribution in [0, 0.1) is 5.41 Å². The van der Waals surface area contributed by atoms with Crippen molar-refractivity contribution in [1.82, 2.24) is 4.90 Å². The van der Waals surface area contributed by atoms with E-state index in [1.807, 2.05) is 0 Å². The number of hydrogen-bond donors (Lipinski definition) is 1. The molecule has 0 bridgehead atoms. The first-order chi connectivity index (χ1) is 6.79. The van der Waals surface area contributed by atoms with Crippen molar-refractivity contribution < 1.29 is 5.11 Å². The average Bonchev–Trinajstić information content (AvgIpc) is 2.49. The van der Waals surface area contributed by atoms with Crippen LogP contribution in [0.25, 0.3) is 0 Å². The Morgan fingerprint density at radius 3 is 2.00 bits per heavy atom. The van der Waals surface area contributed by atoms with Gasteiger partial charge in [-0.3, -0.25) is 4.90 Å².